The van der Waals surface area contributed by atoms with Crippen LogP contribution in [-0.2, 0) is 9.59 Å². The molecule has 1 fully saturated rings. The number of aliphatic carboxylic acids is 1. The molecule has 2 heterocycles. The minimum Gasteiger partial charge on any atom is -0.480 e. The quantitative estimate of drug-likeness (QED) is 0.515. The maximum atomic E-state index is 13.0. The molecule has 0 unspecified atom stereocenters. The van der Waals surface area contributed by atoms with E-state index in [0.717, 1.165) is 17.4 Å². The van der Waals surface area contributed by atoms with E-state index in [4.69, 9.17) is 23.8 Å². The Morgan fingerprint density at radius 2 is 2.00 bits per heavy atom. The van der Waals surface area contributed by atoms with Crippen LogP contribution in [0.15, 0.2) is 35.2 Å². The predicted octanol–water partition coefficient (Wildman–Crippen LogP) is 4.53. The van der Waals surface area contributed by atoms with Crippen molar-refractivity contribution < 1.29 is 14.7 Å². The number of carboxylic acid groups (broad SMARTS) is 1. The van der Waals surface area contributed by atoms with Gasteiger partial charge in [-0.2, -0.15) is 5.10 Å². The highest BCUT2D eigenvalue weighted by Gasteiger charge is 2.40. The number of carboxylic acids is 1. The summed E-state index contributed by atoms with van der Waals surface area (Å²) in [7, 11) is 0. The van der Waals surface area contributed by atoms with E-state index in [-0.39, 0.29) is 10.2 Å². The molecule has 0 spiro atoms. The number of amides is 1. The number of hydrogen-bond acceptors (Lipinski definition) is 5. The minimum absolute atomic E-state index is 0.102. The topological polar surface area (TPSA) is 75.4 Å². The fourth-order valence-corrected chi connectivity index (χ4v) is 4.72. The van der Waals surface area contributed by atoms with Gasteiger partial charge in [0.2, 0.25) is 0 Å². The zero-order valence-electron chi connectivity index (χ0n) is 16.1. The molecule has 0 bridgehead atoms. The van der Waals surface area contributed by atoms with Crippen LogP contribution in [-0.4, -0.2) is 42.0 Å². The first-order valence-electron chi connectivity index (χ1n) is 9.01. The Bertz CT molecular complexity index is 1000. The van der Waals surface area contributed by atoms with Crippen LogP contribution >= 0.6 is 35.6 Å². The van der Waals surface area contributed by atoms with Crippen LogP contribution in [0.25, 0.3) is 11.8 Å². The number of benzene rings is 1. The van der Waals surface area contributed by atoms with Gasteiger partial charge in [-0.1, -0.05) is 67.6 Å². The summed E-state index contributed by atoms with van der Waals surface area (Å²) < 4.78 is 1.83. The lowest BCUT2D eigenvalue weighted by atomic mass is 10.0. The summed E-state index contributed by atoms with van der Waals surface area (Å²) in [4.78, 5) is 26.2. The van der Waals surface area contributed by atoms with Gasteiger partial charge in [0.15, 0.2) is 0 Å². The fourth-order valence-electron chi connectivity index (χ4n) is 3.06. The van der Waals surface area contributed by atoms with Gasteiger partial charge < -0.3 is 5.11 Å². The predicted molar refractivity (Wildman–Crippen MR) is 119 cm³/mol. The zero-order chi connectivity index (χ0) is 21.3. The Kier molecular flexibility index (Phi) is 6.45. The van der Waals surface area contributed by atoms with Gasteiger partial charge in [0, 0.05) is 5.56 Å². The van der Waals surface area contributed by atoms with Gasteiger partial charge in [0.25, 0.3) is 5.91 Å². The van der Waals surface area contributed by atoms with Crippen molar-refractivity contribution in [3.8, 4) is 5.69 Å². The average molecular weight is 450 g/mol. The molecule has 9 heteroatoms. The van der Waals surface area contributed by atoms with Crippen LogP contribution < -0.4 is 0 Å². The number of carbonyl (C=O) groups is 2. The van der Waals surface area contributed by atoms with Crippen molar-refractivity contribution in [2.75, 3.05) is 0 Å². The first-order valence-corrected chi connectivity index (χ1v) is 10.6. The standard InChI is InChI=1S/C20H20ClN3O3S2/c1-11(2)9-15(19(26)27)23-18(25)16(29-20(23)28)10-14-12(3)22-24(17(14)21)13-7-5-4-6-8-13/h4-8,10-11,15H,9H2,1-3H3,(H,26,27)/b16-10-/t15-/m0/s1. The minimum atomic E-state index is -1.07. The molecular weight excluding hydrogens is 430 g/mol. The third kappa shape index (κ3) is 4.39. The Morgan fingerprint density at radius 1 is 1.34 bits per heavy atom. The maximum absolute atomic E-state index is 13.0. The summed E-state index contributed by atoms with van der Waals surface area (Å²) in [5, 5.41) is 14.4. The molecule has 0 radical (unpaired) electrons. The molecule has 1 aromatic heterocycles. The summed E-state index contributed by atoms with van der Waals surface area (Å²) in [6, 6.07) is 8.44. The first-order chi connectivity index (χ1) is 13.7. The van der Waals surface area contributed by atoms with Crippen LogP contribution in [0, 0.1) is 12.8 Å². The van der Waals surface area contributed by atoms with Gasteiger partial charge in [-0.3, -0.25) is 9.69 Å². The number of hydrogen-bond donors (Lipinski definition) is 1. The lowest BCUT2D eigenvalue weighted by Crippen LogP contribution is -2.44. The molecule has 2 aromatic rings. The monoisotopic (exact) mass is 449 g/mol. The molecule has 1 atom stereocenters. The Hall–Kier alpha value is -2.16. The second-order valence-corrected chi connectivity index (χ2v) is 9.11. The molecule has 1 aliphatic heterocycles. The van der Waals surface area contributed by atoms with Crippen molar-refractivity contribution in [1.29, 1.82) is 0 Å². The third-order valence-electron chi connectivity index (χ3n) is 4.44. The van der Waals surface area contributed by atoms with Crippen LogP contribution in [0.1, 0.15) is 31.5 Å². The lowest BCUT2D eigenvalue weighted by molar-refractivity contribution is -0.145. The van der Waals surface area contributed by atoms with Crippen LogP contribution in [0.4, 0.5) is 0 Å². The zero-order valence-corrected chi connectivity index (χ0v) is 18.5. The normalized spacial score (nSPS) is 16.9. The molecule has 1 aliphatic rings. The summed E-state index contributed by atoms with van der Waals surface area (Å²) in [5.74, 6) is -1.39. The van der Waals surface area contributed by atoms with E-state index in [2.05, 4.69) is 5.10 Å². The Morgan fingerprint density at radius 3 is 2.59 bits per heavy atom. The summed E-state index contributed by atoms with van der Waals surface area (Å²) in [6.45, 7) is 5.62. The molecule has 1 aromatic carbocycles. The molecule has 152 valence electrons. The first kappa shape index (κ1) is 21.5. The summed E-state index contributed by atoms with van der Waals surface area (Å²) in [6.07, 6.45) is 1.96. The molecule has 6 nitrogen and oxygen atoms in total. The van der Waals surface area contributed by atoms with E-state index in [1.54, 1.807) is 17.7 Å². The van der Waals surface area contributed by atoms with Gasteiger partial charge >= 0.3 is 5.97 Å². The van der Waals surface area contributed by atoms with Crippen molar-refractivity contribution in [3.05, 3.63) is 51.6 Å². The highest BCUT2D eigenvalue weighted by atomic mass is 35.5. The van der Waals surface area contributed by atoms with Crippen molar-refractivity contribution in [3.63, 3.8) is 0 Å². The van der Waals surface area contributed by atoms with Crippen LogP contribution in [0.5, 0.6) is 0 Å². The second kappa shape index (κ2) is 8.69. The molecule has 0 saturated carbocycles. The molecule has 3 rings (SSSR count). The van der Waals surface area contributed by atoms with Crippen molar-refractivity contribution >= 4 is 57.9 Å². The van der Waals surface area contributed by atoms with Gasteiger partial charge in [0.1, 0.15) is 15.5 Å². The molecule has 1 saturated heterocycles. The highest BCUT2D eigenvalue weighted by molar-refractivity contribution is 8.26. The molecule has 1 amide bonds. The third-order valence-corrected chi connectivity index (χ3v) is 6.13. The van der Waals surface area contributed by atoms with Crippen molar-refractivity contribution in [2.24, 2.45) is 5.92 Å². The fraction of sp³-hybridized carbons (Fsp3) is 0.300. The van der Waals surface area contributed by atoms with E-state index in [0.29, 0.717) is 27.7 Å². The number of rotatable bonds is 6. The van der Waals surface area contributed by atoms with Gasteiger partial charge in [0.05, 0.1) is 16.3 Å². The van der Waals surface area contributed by atoms with E-state index >= 15 is 0 Å². The summed E-state index contributed by atoms with van der Waals surface area (Å²) in [5.41, 5.74) is 2.06. The molecule has 1 N–H and O–H groups in total. The highest BCUT2D eigenvalue weighted by Crippen LogP contribution is 2.37. The van der Waals surface area contributed by atoms with Crippen LogP contribution in [0.3, 0.4) is 0 Å². The maximum Gasteiger partial charge on any atom is 0.326 e. The SMILES string of the molecule is Cc1nn(-c2ccccc2)c(Cl)c1/C=C1\SC(=S)N([C@@H](CC(C)C)C(=O)O)C1=O. The average Bonchev–Trinajstić information content (AvgIpc) is 3.10. The molecular formula is C20H20ClN3O3S2. The van der Waals surface area contributed by atoms with Crippen LogP contribution in [0.2, 0.25) is 5.15 Å². The number of halogens is 1. The van der Waals surface area contributed by atoms with Gasteiger partial charge in [-0.15, -0.1) is 0 Å². The van der Waals surface area contributed by atoms with Crippen molar-refractivity contribution in [1.82, 2.24) is 14.7 Å². The smallest absolute Gasteiger partial charge is 0.326 e. The number of carbonyl (C=O) groups excluding carboxylic acids is 1. The van der Waals surface area contributed by atoms with E-state index in [1.807, 2.05) is 44.2 Å². The number of thiocarbonyl (C=S) groups is 1. The number of thioether (sulfide) groups is 1. The van der Waals surface area contributed by atoms with E-state index in [1.165, 1.54) is 4.90 Å². The lowest BCUT2D eigenvalue weighted by Gasteiger charge is -2.24. The Balaban J connectivity index is 1.96. The van der Waals surface area contributed by atoms with E-state index in [9.17, 15) is 14.7 Å². The number of para-hydroxylation sites is 1. The van der Waals surface area contributed by atoms with Gasteiger partial charge in [-0.25, -0.2) is 9.48 Å². The van der Waals surface area contributed by atoms with Crippen molar-refractivity contribution in [2.45, 2.75) is 33.2 Å². The number of aromatic nitrogens is 2. The molecule has 29 heavy (non-hydrogen) atoms. The van der Waals surface area contributed by atoms with Gasteiger partial charge in [-0.05, 0) is 37.5 Å². The second-order valence-electron chi connectivity index (χ2n) is 7.07. The summed E-state index contributed by atoms with van der Waals surface area (Å²) >= 11 is 12.9. The van der Waals surface area contributed by atoms with E-state index < -0.39 is 17.9 Å². The largest absolute Gasteiger partial charge is 0.480 e. The number of nitrogens with zero attached hydrogens (tertiary/aromatic N) is 3. The number of aryl methyl sites for hydroxylation is 1. The Labute approximate surface area is 183 Å². The molecule has 0 aliphatic carbocycles.